The minimum Gasteiger partial charge on any atom is -0.485 e. The van der Waals surface area contributed by atoms with Crippen LogP contribution in [0.4, 0.5) is 0 Å². The minimum absolute atomic E-state index is 0.00609. The molecule has 6 nitrogen and oxygen atoms in total. The van der Waals surface area contributed by atoms with E-state index in [4.69, 9.17) is 14.0 Å². The van der Waals surface area contributed by atoms with Gasteiger partial charge in [0.2, 0.25) is 0 Å². The average Bonchev–Trinajstić information content (AvgIpc) is 2.49. The van der Waals surface area contributed by atoms with E-state index < -0.39 is 16.1 Å². The molecular weight excluding hydrogens is 308 g/mol. The molecule has 0 aromatic heterocycles. The zero-order chi connectivity index (χ0) is 15.7. The van der Waals surface area contributed by atoms with E-state index >= 15 is 0 Å². The Morgan fingerprint density at radius 2 is 1.95 bits per heavy atom. The number of benzene rings is 2. The molecule has 2 aromatic carbocycles. The van der Waals surface area contributed by atoms with Crippen molar-refractivity contribution in [3.63, 3.8) is 0 Å². The van der Waals surface area contributed by atoms with Crippen molar-refractivity contribution in [2.75, 3.05) is 0 Å². The molecule has 0 radical (unpaired) electrons. The van der Waals surface area contributed by atoms with Crippen molar-refractivity contribution in [1.29, 1.82) is 0 Å². The Kier molecular flexibility index (Phi) is 3.50. The largest absolute Gasteiger partial charge is 0.485 e. The predicted octanol–water partition coefficient (Wildman–Crippen LogP) is 1.97. The van der Waals surface area contributed by atoms with Gasteiger partial charge in [0, 0.05) is 5.56 Å². The number of fused-ring (bicyclic) bond motifs is 3. The van der Waals surface area contributed by atoms with E-state index in [0.717, 1.165) is 0 Å². The van der Waals surface area contributed by atoms with Gasteiger partial charge < -0.3 is 14.0 Å². The highest BCUT2D eigenvalue weighted by molar-refractivity contribution is 7.87. The number of hydrogen-bond acceptors (Lipinski definition) is 5. The van der Waals surface area contributed by atoms with E-state index in [1.54, 1.807) is 24.3 Å². The van der Waals surface area contributed by atoms with Crippen LogP contribution in [0.2, 0.25) is 0 Å². The highest BCUT2D eigenvalue weighted by Gasteiger charge is 2.24. The SMILES string of the molecule is O=C(O)Cc1cccc2c1OS(=O)(=O)c1cccc(c1)CO2. The first-order chi connectivity index (χ1) is 10.5. The first kappa shape index (κ1) is 14.4. The van der Waals surface area contributed by atoms with Crippen LogP contribution in [0.1, 0.15) is 11.1 Å². The third kappa shape index (κ3) is 2.75. The molecule has 1 aliphatic rings. The summed E-state index contributed by atoms with van der Waals surface area (Å²) >= 11 is 0. The number of ether oxygens (including phenoxy) is 1. The summed E-state index contributed by atoms with van der Waals surface area (Å²) in [5.41, 5.74) is 0.921. The Morgan fingerprint density at radius 1 is 1.18 bits per heavy atom. The summed E-state index contributed by atoms with van der Waals surface area (Å²) in [5, 5.41) is 8.95. The number of para-hydroxylation sites is 1. The van der Waals surface area contributed by atoms with E-state index in [0.29, 0.717) is 5.56 Å². The van der Waals surface area contributed by atoms with E-state index in [2.05, 4.69) is 0 Å². The smallest absolute Gasteiger partial charge is 0.339 e. The van der Waals surface area contributed by atoms with Gasteiger partial charge in [0.25, 0.3) is 0 Å². The molecule has 3 rings (SSSR count). The minimum atomic E-state index is -4.05. The molecule has 114 valence electrons. The Hall–Kier alpha value is -2.54. The lowest BCUT2D eigenvalue weighted by atomic mass is 10.1. The lowest BCUT2D eigenvalue weighted by molar-refractivity contribution is -0.136. The molecule has 1 heterocycles. The van der Waals surface area contributed by atoms with Crippen LogP contribution in [-0.4, -0.2) is 19.5 Å². The topological polar surface area (TPSA) is 89.9 Å². The van der Waals surface area contributed by atoms with E-state index in [1.165, 1.54) is 18.2 Å². The van der Waals surface area contributed by atoms with Crippen LogP contribution in [0.5, 0.6) is 11.5 Å². The summed E-state index contributed by atoms with van der Waals surface area (Å²) in [6.45, 7) is 0.163. The summed E-state index contributed by atoms with van der Waals surface area (Å²) < 4.78 is 35.4. The molecular formula is C15H12O6S. The fourth-order valence-electron chi connectivity index (χ4n) is 2.18. The molecule has 2 bridgehead atoms. The van der Waals surface area contributed by atoms with Gasteiger partial charge in [0.1, 0.15) is 11.5 Å². The molecule has 0 fully saturated rings. The molecule has 0 saturated heterocycles. The van der Waals surface area contributed by atoms with Gasteiger partial charge in [-0.25, -0.2) is 0 Å². The first-order valence-corrected chi connectivity index (χ1v) is 7.86. The van der Waals surface area contributed by atoms with Crippen molar-refractivity contribution in [2.45, 2.75) is 17.9 Å². The molecule has 0 saturated carbocycles. The average molecular weight is 320 g/mol. The first-order valence-electron chi connectivity index (χ1n) is 6.45. The lowest BCUT2D eigenvalue weighted by Crippen LogP contribution is -2.12. The maximum Gasteiger partial charge on any atom is 0.339 e. The molecule has 0 spiro atoms. The van der Waals surface area contributed by atoms with Crippen molar-refractivity contribution >= 4 is 16.1 Å². The maximum absolute atomic E-state index is 12.3. The van der Waals surface area contributed by atoms with Gasteiger partial charge in [-0.05, 0) is 23.8 Å². The summed E-state index contributed by atoms with van der Waals surface area (Å²) in [5.74, 6) is -0.966. The number of hydrogen-bond donors (Lipinski definition) is 1. The number of rotatable bonds is 2. The summed E-state index contributed by atoms with van der Waals surface area (Å²) in [4.78, 5) is 10.9. The third-order valence-electron chi connectivity index (χ3n) is 3.18. The van der Waals surface area contributed by atoms with E-state index in [1.807, 2.05) is 0 Å². The molecule has 22 heavy (non-hydrogen) atoms. The van der Waals surface area contributed by atoms with Gasteiger partial charge in [0.05, 0.1) is 6.42 Å². The predicted molar refractivity (Wildman–Crippen MR) is 76.4 cm³/mol. The molecule has 0 unspecified atom stereocenters. The van der Waals surface area contributed by atoms with Crippen LogP contribution < -0.4 is 8.92 Å². The van der Waals surface area contributed by atoms with Crippen LogP contribution in [-0.2, 0) is 27.9 Å². The zero-order valence-corrected chi connectivity index (χ0v) is 12.2. The van der Waals surface area contributed by atoms with Gasteiger partial charge in [0.15, 0.2) is 11.5 Å². The highest BCUT2D eigenvalue weighted by atomic mass is 32.2. The Morgan fingerprint density at radius 3 is 2.73 bits per heavy atom. The molecule has 1 aliphatic heterocycles. The van der Waals surface area contributed by atoms with Crippen molar-refractivity contribution in [1.82, 2.24) is 0 Å². The van der Waals surface area contributed by atoms with Crippen molar-refractivity contribution < 1.29 is 27.2 Å². The summed E-state index contributed by atoms with van der Waals surface area (Å²) in [7, 11) is -4.05. The molecule has 0 atom stereocenters. The Bertz CT molecular complexity index is 841. The highest BCUT2D eigenvalue weighted by Crippen LogP contribution is 2.36. The van der Waals surface area contributed by atoms with E-state index in [-0.39, 0.29) is 35.0 Å². The lowest BCUT2D eigenvalue weighted by Gasteiger charge is -2.13. The Balaban J connectivity index is 2.16. The van der Waals surface area contributed by atoms with Gasteiger partial charge in [-0.15, -0.1) is 0 Å². The second-order valence-electron chi connectivity index (χ2n) is 4.79. The second-order valence-corrected chi connectivity index (χ2v) is 6.33. The zero-order valence-electron chi connectivity index (χ0n) is 11.4. The maximum atomic E-state index is 12.3. The van der Waals surface area contributed by atoms with Crippen molar-refractivity contribution in [2.24, 2.45) is 0 Å². The standard InChI is InChI=1S/C15H12O6S/c16-14(17)8-11-4-2-6-13-15(11)21-22(18,19)12-5-1-3-10(7-12)9-20-13/h1-7H,8-9H2,(H,16,17). The van der Waals surface area contributed by atoms with Gasteiger partial charge >= 0.3 is 16.1 Å². The molecule has 0 amide bonds. The second kappa shape index (κ2) is 5.34. The normalized spacial score (nSPS) is 15.3. The monoisotopic (exact) mass is 320 g/mol. The van der Waals surface area contributed by atoms with Crippen molar-refractivity contribution in [3.05, 3.63) is 53.6 Å². The van der Waals surface area contributed by atoms with Crippen LogP contribution in [0.3, 0.4) is 0 Å². The Labute approximate surface area is 127 Å². The van der Waals surface area contributed by atoms with Gasteiger partial charge in [-0.2, -0.15) is 8.42 Å². The molecule has 7 heteroatoms. The fraction of sp³-hybridized carbons (Fsp3) is 0.133. The van der Waals surface area contributed by atoms with Crippen molar-refractivity contribution in [3.8, 4) is 11.5 Å². The number of carboxylic acid groups (broad SMARTS) is 1. The molecule has 2 aromatic rings. The van der Waals surface area contributed by atoms with Crippen LogP contribution in [0.15, 0.2) is 47.4 Å². The number of carbonyl (C=O) groups is 1. The van der Waals surface area contributed by atoms with Gasteiger partial charge in [-0.1, -0.05) is 24.3 Å². The molecule has 0 aliphatic carbocycles. The number of aliphatic carboxylic acids is 1. The number of carboxylic acids is 1. The van der Waals surface area contributed by atoms with Crippen LogP contribution in [0, 0.1) is 0 Å². The van der Waals surface area contributed by atoms with Crippen LogP contribution >= 0.6 is 0 Å². The fourth-order valence-corrected chi connectivity index (χ4v) is 3.23. The van der Waals surface area contributed by atoms with Gasteiger partial charge in [-0.3, -0.25) is 4.79 Å². The summed E-state index contributed by atoms with van der Waals surface area (Å²) in [6.07, 6.45) is -0.361. The third-order valence-corrected chi connectivity index (χ3v) is 4.39. The van der Waals surface area contributed by atoms with Crippen LogP contribution in [0.25, 0.3) is 0 Å². The quantitative estimate of drug-likeness (QED) is 0.851. The van der Waals surface area contributed by atoms with E-state index in [9.17, 15) is 13.2 Å². The summed E-state index contributed by atoms with van der Waals surface area (Å²) in [6, 6.07) is 10.9. The molecule has 1 N–H and O–H groups in total.